The van der Waals surface area contributed by atoms with Crippen LogP contribution in [-0.4, -0.2) is 23.1 Å². The average Bonchev–Trinajstić information content (AvgIpc) is 2.36. The summed E-state index contributed by atoms with van der Waals surface area (Å²) in [7, 11) is 0. The van der Waals surface area contributed by atoms with Gasteiger partial charge in [0, 0.05) is 12.6 Å². The van der Waals surface area contributed by atoms with Gasteiger partial charge in [0.05, 0.1) is 0 Å². The highest BCUT2D eigenvalue weighted by Crippen LogP contribution is 2.35. The van der Waals surface area contributed by atoms with E-state index in [1.807, 2.05) is 0 Å². The number of nitrogens with one attached hydrogen (secondary N) is 2. The highest BCUT2D eigenvalue weighted by Gasteiger charge is 2.30. The molecule has 0 aliphatic heterocycles. The SMILES string of the molecule is Cc1nc(NCC2(CN)CCCCC2)cc(=O)[nH]1. The smallest absolute Gasteiger partial charge is 0.252 e. The van der Waals surface area contributed by atoms with Crippen LogP contribution in [0.15, 0.2) is 10.9 Å². The molecule has 0 unspecified atom stereocenters. The van der Waals surface area contributed by atoms with Crippen molar-refractivity contribution in [2.45, 2.75) is 39.0 Å². The van der Waals surface area contributed by atoms with E-state index in [2.05, 4.69) is 15.3 Å². The van der Waals surface area contributed by atoms with Crippen molar-refractivity contribution in [2.75, 3.05) is 18.4 Å². The third-order valence-electron chi connectivity index (χ3n) is 3.85. The molecule has 0 atom stereocenters. The van der Waals surface area contributed by atoms with Crippen LogP contribution in [0.1, 0.15) is 37.9 Å². The summed E-state index contributed by atoms with van der Waals surface area (Å²) < 4.78 is 0. The predicted octanol–water partition coefficient (Wildman–Crippen LogP) is 1.40. The number of rotatable bonds is 4. The van der Waals surface area contributed by atoms with Crippen LogP contribution in [0.3, 0.4) is 0 Å². The highest BCUT2D eigenvalue weighted by atomic mass is 16.1. The van der Waals surface area contributed by atoms with E-state index in [1.165, 1.54) is 38.2 Å². The standard InChI is InChI=1S/C13H22N4O/c1-10-16-11(7-12(18)17-10)15-9-13(8-14)5-3-2-4-6-13/h7H,2-6,8-9,14H2,1H3,(H2,15,16,17,18). The highest BCUT2D eigenvalue weighted by molar-refractivity contribution is 5.33. The van der Waals surface area contributed by atoms with Crippen molar-refractivity contribution < 1.29 is 0 Å². The first-order chi connectivity index (χ1) is 8.63. The third-order valence-corrected chi connectivity index (χ3v) is 3.85. The molecule has 0 aromatic carbocycles. The van der Waals surface area contributed by atoms with E-state index in [0.29, 0.717) is 18.2 Å². The number of hydrogen-bond donors (Lipinski definition) is 3. The Bertz CT molecular complexity index is 449. The van der Waals surface area contributed by atoms with Crippen LogP contribution in [0, 0.1) is 12.3 Å². The Morgan fingerprint density at radius 3 is 2.78 bits per heavy atom. The summed E-state index contributed by atoms with van der Waals surface area (Å²) in [6, 6.07) is 1.50. The minimum Gasteiger partial charge on any atom is -0.369 e. The van der Waals surface area contributed by atoms with Gasteiger partial charge in [-0.15, -0.1) is 0 Å². The van der Waals surface area contributed by atoms with E-state index in [-0.39, 0.29) is 11.0 Å². The molecule has 1 saturated carbocycles. The van der Waals surface area contributed by atoms with Crippen LogP contribution < -0.4 is 16.6 Å². The molecular weight excluding hydrogens is 228 g/mol. The van der Waals surface area contributed by atoms with Crippen molar-refractivity contribution >= 4 is 5.82 Å². The Hall–Kier alpha value is -1.36. The monoisotopic (exact) mass is 250 g/mol. The van der Waals surface area contributed by atoms with Crippen molar-refractivity contribution in [1.29, 1.82) is 0 Å². The molecule has 0 amide bonds. The van der Waals surface area contributed by atoms with Crippen LogP contribution in [0.2, 0.25) is 0 Å². The summed E-state index contributed by atoms with van der Waals surface area (Å²) in [5.41, 5.74) is 6.00. The first kappa shape index (κ1) is 13.1. The van der Waals surface area contributed by atoms with E-state index < -0.39 is 0 Å². The number of nitrogens with two attached hydrogens (primary N) is 1. The number of aromatic nitrogens is 2. The maximum atomic E-state index is 11.4. The molecule has 0 spiro atoms. The van der Waals surface area contributed by atoms with Crippen molar-refractivity contribution in [1.82, 2.24) is 9.97 Å². The number of anilines is 1. The van der Waals surface area contributed by atoms with Crippen molar-refractivity contribution in [3.8, 4) is 0 Å². The Morgan fingerprint density at radius 1 is 1.44 bits per heavy atom. The van der Waals surface area contributed by atoms with Gasteiger partial charge >= 0.3 is 0 Å². The quantitative estimate of drug-likeness (QED) is 0.754. The van der Waals surface area contributed by atoms with E-state index in [4.69, 9.17) is 5.73 Å². The zero-order valence-corrected chi connectivity index (χ0v) is 11.0. The Labute approximate surface area is 107 Å². The van der Waals surface area contributed by atoms with Crippen molar-refractivity contribution in [3.05, 3.63) is 22.2 Å². The number of H-pyrrole nitrogens is 1. The molecule has 100 valence electrons. The summed E-state index contributed by atoms with van der Waals surface area (Å²) in [4.78, 5) is 18.3. The number of nitrogens with zero attached hydrogens (tertiary/aromatic N) is 1. The van der Waals surface area contributed by atoms with Gasteiger partial charge in [0.25, 0.3) is 5.56 Å². The topological polar surface area (TPSA) is 83.8 Å². The lowest BCUT2D eigenvalue weighted by molar-refractivity contribution is 0.215. The summed E-state index contributed by atoms with van der Waals surface area (Å²) in [5, 5.41) is 3.28. The molecule has 0 radical (unpaired) electrons. The lowest BCUT2D eigenvalue weighted by Gasteiger charge is -2.36. The second-order valence-corrected chi connectivity index (χ2v) is 5.33. The summed E-state index contributed by atoms with van der Waals surface area (Å²) >= 11 is 0. The molecule has 1 aromatic rings. The van der Waals surface area contributed by atoms with Crippen LogP contribution in [0.4, 0.5) is 5.82 Å². The number of hydrogen-bond acceptors (Lipinski definition) is 4. The maximum absolute atomic E-state index is 11.4. The largest absolute Gasteiger partial charge is 0.369 e. The predicted molar refractivity (Wildman–Crippen MR) is 72.7 cm³/mol. The molecule has 1 heterocycles. The van der Waals surface area contributed by atoms with Gasteiger partial charge in [-0.1, -0.05) is 19.3 Å². The molecular formula is C13H22N4O. The maximum Gasteiger partial charge on any atom is 0.252 e. The summed E-state index contributed by atoms with van der Waals surface area (Å²) in [6.07, 6.45) is 6.14. The fraction of sp³-hybridized carbons (Fsp3) is 0.692. The number of aromatic amines is 1. The summed E-state index contributed by atoms with van der Waals surface area (Å²) in [6.45, 7) is 3.29. The average molecular weight is 250 g/mol. The molecule has 5 nitrogen and oxygen atoms in total. The second kappa shape index (κ2) is 5.52. The fourth-order valence-electron chi connectivity index (χ4n) is 2.70. The molecule has 5 heteroatoms. The van der Waals surface area contributed by atoms with E-state index in [9.17, 15) is 4.79 Å². The number of aryl methyl sites for hydroxylation is 1. The molecule has 1 fully saturated rings. The van der Waals surface area contributed by atoms with Gasteiger partial charge in [0.2, 0.25) is 0 Å². The molecule has 4 N–H and O–H groups in total. The first-order valence-corrected chi connectivity index (χ1v) is 6.65. The van der Waals surface area contributed by atoms with E-state index in [0.717, 1.165) is 6.54 Å². The van der Waals surface area contributed by atoms with Crippen molar-refractivity contribution in [2.24, 2.45) is 11.1 Å². The van der Waals surface area contributed by atoms with Gasteiger partial charge in [0.1, 0.15) is 11.6 Å². The zero-order valence-electron chi connectivity index (χ0n) is 11.0. The molecule has 0 saturated heterocycles. The summed E-state index contributed by atoms with van der Waals surface area (Å²) in [5.74, 6) is 1.28. The fourth-order valence-corrected chi connectivity index (χ4v) is 2.70. The van der Waals surface area contributed by atoms with Gasteiger partial charge in [-0.05, 0) is 31.7 Å². The molecule has 2 rings (SSSR count). The van der Waals surface area contributed by atoms with Crippen LogP contribution >= 0.6 is 0 Å². The lowest BCUT2D eigenvalue weighted by atomic mass is 9.74. The van der Waals surface area contributed by atoms with Crippen LogP contribution in [0.25, 0.3) is 0 Å². The van der Waals surface area contributed by atoms with Gasteiger partial charge < -0.3 is 16.0 Å². The van der Waals surface area contributed by atoms with Gasteiger partial charge in [0.15, 0.2) is 0 Å². The Balaban J connectivity index is 2.03. The zero-order chi connectivity index (χ0) is 13.0. The van der Waals surface area contributed by atoms with Crippen molar-refractivity contribution in [3.63, 3.8) is 0 Å². The first-order valence-electron chi connectivity index (χ1n) is 6.65. The van der Waals surface area contributed by atoms with E-state index in [1.54, 1.807) is 6.92 Å². The molecule has 18 heavy (non-hydrogen) atoms. The lowest BCUT2D eigenvalue weighted by Crippen LogP contribution is -2.39. The van der Waals surface area contributed by atoms with Gasteiger partial charge in [-0.3, -0.25) is 4.79 Å². The Morgan fingerprint density at radius 2 is 2.17 bits per heavy atom. The normalized spacial score (nSPS) is 18.6. The van der Waals surface area contributed by atoms with Gasteiger partial charge in [-0.2, -0.15) is 0 Å². The minimum atomic E-state index is -0.115. The molecule has 0 bridgehead atoms. The van der Waals surface area contributed by atoms with Gasteiger partial charge in [-0.25, -0.2) is 4.98 Å². The minimum absolute atomic E-state index is 0.115. The van der Waals surface area contributed by atoms with E-state index >= 15 is 0 Å². The molecule has 1 aliphatic rings. The Kier molecular flexibility index (Phi) is 4.01. The second-order valence-electron chi connectivity index (χ2n) is 5.33. The third kappa shape index (κ3) is 3.10. The molecule has 1 aromatic heterocycles. The van der Waals surface area contributed by atoms with Crippen LogP contribution in [-0.2, 0) is 0 Å². The molecule has 1 aliphatic carbocycles. The van der Waals surface area contributed by atoms with Crippen LogP contribution in [0.5, 0.6) is 0 Å².